The van der Waals surface area contributed by atoms with Crippen molar-refractivity contribution in [2.45, 2.75) is 44.8 Å². The zero-order valence-corrected chi connectivity index (χ0v) is 16.7. The first-order valence-corrected chi connectivity index (χ1v) is 10.2. The van der Waals surface area contributed by atoms with Gasteiger partial charge in [0.05, 0.1) is 15.6 Å². The van der Waals surface area contributed by atoms with E-state index in [2.05, 4.69) is 31.2 Å². The molecule has 1 unspecified atom stereocenters. The third-order valence-corrected chi connectivity index (χ3v) is 6.38. The normalized spacial score (nSPS) is 19.2. The molecule has 7 heteroatoms. The van der Waals surface area contributed by atoms with Crippen molar-refractivity contribution >= 4 is 27.0 Å². The summed E-state index contributed by atoms with van der Waals surface area (Å²) >= 11 is 3.62. The van der Waals surface area contributed by atoms with Gasteiger partial charge in [-0.3, -0.25) is 0 Å². The Morgan fingerprint density at radius 3 is 2.81 bits per heavy atom. The SMILES string of the molecule is CC(O)(c1cccnc1Oc1ccc2c(nnn2CC2CC2)c1Br)C1CC1. The molecule has 0 radical (unpaired) electrons. The standard InChI is InChI=1S/C20H21BrN4O2/c1-20(26,13-6-7-13)14-3-2-10-22-19(14)27-16-9-8-15-18(17(16)21)23-24-25(15)11-12-4-5-12/h2-3,8-10,12-13,26H,4-7,11H2,1H3. The molecule has 1 atom stereocenters. The molecule has 1 N–H and O–H groups in total. The summed E-state index contributed by atoms with van der Waals surface area (Å²) in [5.74, 6) is 2.04. The first-order chi connectivity index (χ1) is 13.0. The van der Waals surface area contributed by atoms with Crippen LogP contribution in [-0.2, 0) is 12.1 Å². The van der Waals surface area contributed by atoms with Crippen molar-refractivity contribution in [1.82, 2.24) is 20.0 Å². The molecule has 2 aromatic heterocycles. The quantitative estimate of drug-likeness (QED) is 0.629. The maximum absolute atomic E-state index is 11.0. The number of halogens is 1. The second-order valence-corrected chi connectivity index (χ2v) is 8.63. The van der Waals surface area contributed by atoms with Gasteiger partial charge in [-0.15, -0.1) is 5.10 Å². The van der Waals surface area contributed by atoms with Crippen LogP contribution in [0.25, 0.3) is 11.0 Å². The Hall–Kier alpha value is -1.99. The lowest BCUT2D eigenvalue weighted by Crippen LogP contribution is -2.24. The Balaban J connectivity index is 1.49. The molecular weight excluding hydrogens is 408 g/mol. The van der Waals surface area contributed by atoms with Crippen molar-refractivity contribution < 1.29 is 9.84 Å². The number of hydrogen-bond acceptors (Lipinski definition) is 5. The number of aliphatic hydroxyl groups is 1. The van der Waals surface area contributed by atoms with Crippen LogP contribution in [0, 0.1) is 11.8 Å². The van der Waals surface area contributed by atoms with Gasteiger partial charge in [0.15, 0.2) is 0 Å². The molecule has 6 nitrogen and oxygen atoms in total. The second kappa shape index (κ2) is 6.27. The van der Waals surface area contributed by atoms with Crippen LogP contribution in [0.5, 0.6) is 11.6 Å². The molecule has 3 aromatic rings. The van der Waals surface area contributed by atoms with E-state index in [1.54, 1.807) is 6.20 Å². The molecule has 2 aliphatic carbocycles. The van der Waals surface area contributed by atoms with Crippen molar-refractivity contribution in [3.8, 4) is 11.6 Å². The van der Waals surface area contributed by atoms with Crippen LogP contribution in [0.15, 0.2) is 34.9 Å². The Kier molecular flexibility index (Phi) is 3.98. The molecule has 0 spiro atoms. The van der Waals surface area contributed by atoms with Crippen LogP contribution in [0.4, 0.5) is 0 Å². The smallest absolute Gasteiger partial charge is 0.225 e. The summed E-state index contributed by atoms with van der Waals surface area (Å²) in [5, 5.41) is 19.6. The number of ether oxygens (including phenoxy) is 1. The zero-order valence-electron chi connectivity index (χ0n) is 15.1. The van der Waals surface area contributed by atoms with Crippen LogP contribution in [-0.4, -0.2) is 25.1 Å². The number of fused-ring (bicyclic) bond motifs is 1. The fraction of sp³-hybridized carbons (Fsp3) is 0.450. The summed E-state index contributed by atoms with van der Waals surface area (Å²) in [7, 11) is 0. The molecule has 2 heterocycles. The summed E-state index contributed by atoms with van der Waals surface area (Å²) in [6.45, 7) is 2.76. The molecule has 2 saturated carbocycles. The third kappa shape index (κ3) is 3.12. The summed E-state index contributed by atoms with van der Waals surface area (Å²) < 4.78 is 8.84. The Morgan fingerprint density at radius 1 is 1.26 bits per heavy atom. The number of benzene rings is 1. The van der Waals surface area contributed by atoms with Crippen molar-refractivity contribution in [3.63, 3.8) is 0 Å². The average molecular weight is 429 g/mol. The summed E-state index contributed by atoms with van der Waals surface area (Å²) in [4.78, 5) is 4.38. The molecule has 0 amide bonds. The van der Waals surface area contributed by atoms with E-state index >= 15 is 0 Å². The van der Waals surface area contributed by atoms with Gasteiger partial charge in [-0.25, -0.2) is 9.67 Å². The van der Waals surface area contributed by atoms with E-state index in [9.17, 15) is 5.11 Å². The number of nitrogens with zero attached hydrogens (tertiary/aromatic N) is 4. The second-order valence-electron chi connectivity index (χ2n) is 7.84. The predicted octanol–water partition coefficient (Wildman–Crippen LogP) is 4.41. The highest BCUT2D eigenvalue weighted by Gasteiger charge is 2.43. The molecular formula is C20H21BrN4O2. The van der Waals surface area contributed by atoms with E-state index in [-0.39, 0.29) is 5.92 Å². The minimum Gasteiger partial charge on any atom is -0.437 e. The summed E-state index contributed by atoms with van der Waals surface area (Å²) in [6, 6.07) is 7.61. The van der Waals surface area contributed by atoms with E-state index in [0.717, 1.165) is 46.4 Å². The van der Waals surface area contributed by atoms with Gasteiger partial charge in [0, 0.05) is 18.3 Å². The van der Waals surface area contributed by atoms with Gasteiger partial charge in [-0.1, -0.05) is 5.21 Å². The topological polar surface area (TPSA) is 73.1 Å². The molecule has 27 heavy (non-hydrogen) atoms. The van der Waals surface area contributed by atoms with Crippen LogP contribution < -0.4 is 4.74 Å². The molecule has 2 fully saturated rings. The molecule has 140 valence electrons. The number of pyridine rings is 1. The van der Waals surface area contributed by atoms with E-state index in [0.29, 0.717) is 11.6 Å². The Bertz CT molecular complexity index is 1010. The van der Waals surface area contributed by atoms with Gasteiger partial charge in [0.2, 0.25) is 5.88 Å². The maximum atomic E-state index is 11.0. The molecule has 0 saturated heterocycles. The minimum absolute atomic E-state index is 0.261. The minimum atomic E-state index is -0.937. The van der Waals surface area contributed by atoms with Crippen LogP contribution in [0.2, 0.25) is 0 Å². The fourth-order valence-electron chi connectivity index (χ4n) is 3.57. The fourth-order valence-corrected chi connectivity index (χ4v) is 4.07. The highest BCUT2D eigenvalue weighted by atomic mass is 79.9. The first-order valence-electron chi connectivity index (χ1n) is 9.41. The molecule has 0 aliphatic heterocycles. The molecule has 0 bridgehead atoms. The Labute approximate surface area is 165 Å². The van der Waals surface area contributed by atoms with Gasteiger partial charge in [0.1, 0.15) is 11.3 Å². The van der Waals surface area contributed by atoms with E-state index in [1.165, 1.54) is 12.8 Å². The van der Waals surface area contributed by atoms with Crippen molar-refractivity contribution in [2.24, 2.45) is 11.8 Å². The lowest BCUT2D eigenvalue weighted by atomic mass is 9.92. The highest BCUT2D eigenvalue weighted by molar-refractivity contribution is 9.10. The van der Waals surface area contributed by atoms with Crippen molar-refractivity contribution in [2.75, 3.05) is 0 Å². The highest BCUT2D eigenvalue weighted by Crippen LogP contribution is 2.48. The van der Waals surface area contributed by atoms with Gasteiger partial charge < -0.3 is 9.84 Å². The molecule has 5 rings (SSSR count). The van der Waals surface area contributed by atoms with E-state index in [4.69, 9.17) is 4.74 Å². The lowest BCUT2D eigenvalue weighted by molar-refractivity contribution is 0.0306. The van der Waals surface area contributed by atoms with E-state index < -0.39 is 5.60 Å². The van der Waals surface area contributed by atoms with Gasteiger partial charge >= 0.3 is 0 Å². The Morgan fingerprint density at radius 2 is 2.07 bits per heavy atom. The molecule has 1 aromatic carbocycles. The van der Waals surface area contributed by atoms with Crippen LogP contribution >= 0.6 is 15.9 Å². The van der Waals surface area contributed by atoms with Gasteiger partial charge in [-0.05, 0) is 84.6 Å². The van der Waals surface area contributed by atoms with Gasteiger partial charge in [0.25, 0.3) is 0 Å². The predicted molar refractivity (Wildman–Crippen MR) is 105 cm³/mol. The first kappa shape index (κ1) is 17.1. The summed E-state index contributed by atoms with van der Waals surface area (Å²) in [5.41, 5.74) is 1.55. The maximum Gasteiger partial charge on any atom is 0.225 e. The number of hydrogen-bond donors (Lipinski definition) is 1. The van der Waals surface area contributed by atoms with Crippen molar-refractivity contribution in [1.29, 1.82) is 0 Å². The summed E-state index contributed by atoms with van der Waals surface area (Å²) in [6.07, 6.45) is 6.28. The van der Waals surface area contributed by atoms with Crippen LogP contribution in [0.1, 0.15) is 38.2 Å². The number of aromatic nitrogens is 4. The van der Waals surface area contributed by atoms with Gasteiger partial charge in [-0.2, -0.15) is 0 Å². The van der Waals surface area contributed by atoms with Crippen LogP contribution in [0.3, 0.4) is 0 Å². The number of rotatable bonds is 6. The zero-order chi connectivity index (χ0) is 18.6. The average Bonchev–Trinajstić information content (AvgIpc) is 3.56. The third-order valence-electron chi connectivity index (χ3n) is 5.61. The monoisotopic (exact) mass is 428 g/mol. The van der Waals surface area contributed by atoms with Crippen molar-refractivity contribution in [3.05, 3.63) is 40.5 Å². The van der Waals surface area contributed by atoms with E-state index in [1.807, 2.05) is 35.9 Å². The lowest BCUT2D eigenvalue weighted by Gasteiger charge is -2.25. The largest absolute Gasteiger partial charge is 0.437 e. The molecule has 2 aliphatic rings.